The van der Waals surface area contributed by atoms with Gasteiger partial charge in [-0.3, -0.25) is 0 Å². The van der Waals surface area contributed by atoms with E-state index in [1.165, 1.54) is 11.1 Å². The van der Waals surface area contributed by atoms with Crippen LogP contribution in [0.25, 0.3) is 0 Å². The average Bonchev–Trinajstić information content (AvgIpc) is 2.72. The normalized spacial score (nSPS) is 13.5. The van der Waals surface area contributed by atoms with Crippen LogP contribution in [0.15, 0.2) is 54.6 Å². The molecule has 154 valence electrons. The molecule has 0 saturated carbocycles. The zero-order valence-electron chi connectivity index (χ0n) is 17.6. The number of nitrogens with two attached hydrogens (primary N) is 1. The van der Waals surface area contributed by atoms with Gasteiger partial charge in [-0.2, -0.15) is 0 Å². The van der Waals surface area contributed by atoms with Gasteiger partial charge >= 0.3 is 0 Å². The van der Waals surface area contributed by atoms with E-state index >= 15 is 0 Å². The Labute approximate surface area is 170 Å². The molecular weight excluding hydrogens is 348 g/mol. The third-order valence-electron chi connectivity index (χ3n) is 5.10. The molecule has 0 aliphatic heterocycles. The molecule has 0 aliphatic rings. The summed E-state index contributed by atoms with van der Waals surface area (Å²) in [5.74, 6) is 1.47. The lowest BCUT2D eigenvalue weighted by molar-refractivity contribution is 0.0902. The Morgan fingerprint density at radius 1 is 1.00 bits per heavy atom. The van der Waals surface area contributed by atoms with E-state index in [1.54, 1.807) is 7.11 Å². The Hall–Kier alpha value is -1.88. The number of hydrogen-bond acceptors (Lipinski definition) is 4. The minimum absolute atomic E-state index is 0.0860. The van der Waals surface area contributed by atoms with Crippen molar-refractivity contribution in [2.45, 2.75) is 45.3 Å². The van der Waals surface area contributed by atoms with E-state index in [9.17, 15) is 0 Å². The number of methoxy groups -OCH3 is 1. The summed E-state index contributed by atoms with van der Waals surface area (Å²) in [5.41, 5.74) is 8.65. The first kappa shape index (κ1) is 22.4. The SMILES string of the molecule is COc1ccc(CCNC(CN)(CCOCc2ccccc2)CC(C)C)cc1. The highest BCUT2D eigenvalue weighted by molar-refractivity contribution is 5.27. The number of nitrogens with one attached hydrogen (secondary N) is 1. The van der Waals surface area contributed by atoms with E-state index in [-0.39, 0.29) is 5.54 Å². The largest absolute Gasteiger partial charge is 0.497 e. The van der Waals surface area contributed by atoms with Gasteiger partial charge in [0.1, 0.15) is 5.75 Å². The highest BCUT2D eigenvalue weighted by atomic mass is 16.5. The van der Waals surface area contributed by atoms with Crippen molar-refractivity contribution >= 4 is 0 Å². The minimum atomic E-state index is -0.0860. The second kappa shape index (κ2) is 11.8. The van der Waals surface area contributed by atoms with Crippen molar-refractivity contribution in [3.05, 3.63) is 65.7 Å². The maximum Gasteiger partial charge on any atom is 0.118 e. The van der Waals surface area contributed by atoms with Crippen LogP contribution in [0.2, 0.25) is 0 Å². The second-order valence-electron chi connectivity index (χ2n) is 7.90. The fourth-order valence-electron chi connectivity index (χ4n) is 3.60. The maximum absolute atomic E-state index is 6.23. The second-order valence-corrected chi connectivity index (χ2v) is 7.90. The van der Waals surface area contributed by atoms with E-state index in [0.717, 1.165) is 31.6 Å². The first-order valence-electron chi connectivity index (χ1n) is 10.3. The van der Waals surface area contributed by atoms with Crippen LogP contribution in [0.3, 0.4) is 0 Å². The van der Waals surface area contributed by atoms with Gasteiger partial charge in [0.05, 0.1) is 13.7 Å². The van der Waals surface area contributed by atoms with E-state index in [2.05, 4.69) is 43.4 Å². The average molecular weight is 385 g/mol. The molecule has 1 unspecified atom stereocenters. The quantitative estimate of drug-likeness (QED) is 0.509. The van der Waals surface area contributed by atoms with Crippen LogP contribution in [0.1, 0.15) is 37.8 Å². The van der Waals surface area contributed by atoms with E-state index < -0.39 is 0 Å². The smallest absolute Gasteiger partial charge is 0.118 e. The topological polar surface area (TPSA) is 56.5 Å². The number of ether oxygens (including phenoxy) is 2. The number of hydrogen-bond donors (Lipinski definition) is 2. The van der Waals surface area contributed by atoms with Gasteiger partial charge in [-0.05, 0) is 55.0 Å². The molecule has 0 bridgehead atoms. The van der Waals surface area contributed by atoms with Gasteiger partial charge in [0.25, 0.3) is 0 Å². The molecule has 3 N–H and O–H groups in total. The predicted octanol–water partition coefficient (Wildman–Crippen LogP) is 4.18. The Morgan fingerprint density at radius 3 is 2.32 bits per heavy atom. The third-order valence-corrected chi connectivity index (χ3v) is 5.10. The van der Waals surface area contributed by atoms with Gasteiger partial charge in [0.2, 0.25) is 0 Å². The van der Waals surface area contributed by atoms with Crippen LogP contribution in [-0.2, 0) is 17.8 Å². The molecule has 2 aromatic rings. The molecular formula is C24H36N2O2. The van der Waals surface area contributed by atoms with Crippen molar-refractivity contribution in [2.75, 3.05) is 26.8 Å². The fourth-order valence-corrected chi connectivity index (χ4v) is 3.60. The highest BCUT2D eigenvalue weighted by Gasteiger charge is 2.28. The van der Waals surface area contributed by atoms with Crippen LogP contribution in [0.4, 0.5) is 0 Å². The van der Waals surface area contributed by atoms with Gasteiger partial charge in [-0.15, -0.1) is 0 Å². The van der Waals surface area contributed by atoms with Gasteiger partial charge in [0.15, 0.2) is 0 Å². The lowest BCUT2D eigenvalue weighted by atomic mass is 9.85. The molecule has 0 heterocycles. The molecule has 1 atom stereocenters. The summed E-state index contributed by atoms with van der Waals surface area (Å²) in [7, 11) is 1.69. The predicted molar refractivity (Wildman–Crippen MR) is 117 cm³/mol. The van der Waals surface area contributed by atoms with Gasteiger partial charge in [-0.1, -0.05) is 56.3 Å². The number of benzene rings is 2. The number of rotatable bonds is 13. The first-order chi connectivity index (χ1) is 13.6. The lowest BCUT2D eigenvalue weighted by Gasteiger charge is -2.36. The standard InChI is InChI=1S/C24H36N2O2/c1-20(2)17-24(19-25,14-16-28-18-22-7-5-4-6-8-22)26-15-13-21-9-11-23(27-3)12-10-21/h4-12,20,26H,13-19,25H2,1-3H3. The molecule has 2 rings (SSSR count). The van der Waals surface area contributed by atoms with Crippen molar-refractivity contribution in [2.24, 2.45) is 11.7 Å². The fraction of sp³-hybridized carbons (Fsp3) is 0.500. The Balaban J connectivity index is 1.85. The summed E-state index contributed by atoms with van der Waals surface area (Å²) < 4.78 is 11.2. The summed E-state index contributed by atoms with van der Waals surface area (Å²) in [5, 5.41) is 3.75. The lowest BCUT2D eigenvalue weighted by Crippen LogP contribution is -2.53. The van der Waals surface area contributed by atoms with E-state index in [4.69, 9.17) is 15.2 Å². The van der Waals surface area contributed by atoms with Gasteiger partial charge in [-0.25, -0.2) is 0 Å². The van der Waals surface area contributed by atoms with Crippen molar-refractivity contribution in [3.63, 3.8) is 0 Å². The molecule has 0 amide bonds. The van der Waals surface area contributed by atoms with Crippen LogP contribution in [-0.4, -0.2) is 32.3 Å². The summed E-state index contributed by atoms with van der Waals surface area (Å²) >= 11 is 0. The molecule has 28 heavy (non-hydrogen) atoms. The van der Waals surface area contributed by atoms with Crippen molar-refractivity contribution < 1.29 is 9.47 Å². The van der Waals surface area contributed by atoms with Crippen LogP contribution >= 0.6 is 0 Å². The molecule has 0 radical (unpaired) electrons. The highest BCUT2D eigenvalue weighted by Crippen LogP contribution is 2.21. The molecule has 0 aliphatic carbocycles. The Kier molecular flexibility index (Phi) is 9.48. The Morgan fingerprint density at radius 2 is 1.71 bits per heavy atom. The van der Waals surface area contributed by atoms with E-state index in [1.807, 2.05) is 30.3 Å². The molecule has 4 nitrogen and oxygen atoms in total. The third kappa shape index (κ3) is 7.63. The van der Waals surface area contributed by atoms with Crippen LogP contribution in [0, 0.1) is 5.92 Å². The molecule has 0 fully saturated rings. The van der Waals surface area contributed by atoms with Crippen molar-refractivity contribution in [1.29, 1.82) is 0 Å². The molecule has 0 aromatic heterocycles. The van der Waals surface area contributed by atoms with E-state index in [0.29, 0.717) is 25.7 Å². The van der Waals surface area contributed by atoms with Crippen LogP contribution in [0.5, 0.6) is 5.75 Å². The van der Waals surface area contributed by atoms with Gasteiger partial charge in [0, 0.05) is 18.7 Å². The maximum atomic E-state index is 6.23. The minimum Gasteiger partial charge on any atom is -0.497 e. The summed E-state index contributed by atoms with van der Waals surface area (Å²) in [6, 6.07) is 18.6. The van der Waals surface area contributed by atoms with Crippen molar-refractivity contribution in [1.82, 2.24) is 5.32 Å². The zero-order chi connectivity index (χ0) is 20.2. The summed E-state index contributed by atoms with van der Waals surface area (Å²) in [4.78, 5) is 0. The molecule has 2 aromatic carbocycles. The monoisotopic (exact) mass is 384 g/mol. The molecule has 0 spiro atoms. The first-order valence-corrected chi connectivity index (χ1v) is 10.3. The Bertz CT molecular complexity index is 658. The summed E-state index contributed by atoms with van der Waals surface area (Å²) in [6.07, 6.45) is 2.92. The van der Waals surface area contributed by atoms with Gasteiger partial charge < -0.3 is 20.5 Å². The molecule has 4 heteroatoms. The molecule has 0 saturated heterocycles. The van der Waals surface area contributed by atoms with Crippen molar-refractivity contribution in [3.8, 4) is 5.75 Å². The van der Waals surface area contributed by atoms with Crippen LogP contribution < -0.4 is 15.8 Å². The summed E-state index contributed by atoms with van der Waals surface area (Å²) in [6.45, 7) is 7.36. The zero-order valence-corrected chi connectivity index (χ0v) is 17.6.